The fraction of sp³-hybridized carbons (Fsp3) is 0.200. The van der Waals surface area contributed by atoms with Crippen LogP contribution in [0, 0.1) is 0 Å². The van der Waals surface area contributed by atoms with E-state index in [0.717, 1.165) is 11.9 Å². The van der Waals surface area contributed by atoms with Gasteiger partial charge in [0.25, 0.3) is 0 Å². The van der Waals surface area contributed by atoms with Gasteiger partial charge in [-0.1, -0.05) is 18.2 Å². The van der Waals surface area contributed by atoms with Crippen molar-refractivity contribution in [2.45, 2.75) is 12.6 Å². The molecule has 0 radical (unpaired) electrons. The van der Waals surface area contributed by atoms with Gasteiger partial charge >= 0.3 is 0 Å². The Morgan fingerprint density at radius 3 is 3.00 bits per heavy atom. The predicted octanol–water partition coefficient (Wildman–Crippen LogP) is 1.24. The summed E-state index contributed by atoms with van der Waals surface area (Å²) >= 11 is 1.13. The molecule has 2 rings (SSSR count). The number of carbonyl (C=O) groups excluding carboxylic acids is 1. The highest BCUT2D eigenvalue weighted by Crippen LogP contribution is 2.30. The number of primary amides is 1. The van der Waals surface area contributed by atoms with Crippen LogP contribution in [-0.4, -0.2) is 11.4 Å². The average Bonchev–Trinajstić information content (AvgIpc) is 2.60. The Morgan fingerprint density at radius 1 is 1.67 bits per heavy atom. The maximum atomic E-state index is 11.3. The summed E-state index contributed by atoms with van der Waals surface area (Å²) in [4.78, 5) is 15.5. The molecule has 1 unspecified atom stereocenters. The van der Waals surface area contributed by atoms with E-state index in [2.05, 4.69) is 9.71 Å². The van der Waals surface area contributed by atoms with Crippen LogP contribution in [0.4, 0.5) is 0 Å². The van der Waals surface area contributed by atoms with Gasteiger partial charge in [-0.25, -0.2) is 4.72 Å². The lowest BCUT2D eigenvalue weighted by Gasteiger charge is -2.23. The molecule has 1 aliphatic heterocycles. The van der Waals surface area contributed by atoms with Crippen LogP contribution in [0.15, 0.2) is 29.3 Å². The van der Waals surface area contributed by atoms with Crippen LogP contribution < -0.4 is 10.5 Å². The van der Waals surface area contributed by atoms with Crippen LogP contribution in [0.3, 0.4) is 0 Å². The van der Waals surface area contributed by atoms with Crippen LogP contribution in [0.1, 0.15) is 24.2 Å². The lowest BCUT2D eigenvalue weighted by Crippen LogP contribution is -2.32. The van der Waals surface area contributed by atoms with E-state index in [9.17, 15) is 4.79 Å². The largest absolute Gasteiger partial charge is 0.366 e. The highest BCUT2D eigenvalue weighted by Gasteiger charge is 2.31. The molecular formula is C10H11N3OS. The van der Waals surface area contributed by atoms with Crippen LogP contribution >= 0.6 is 11.9 Å². The molecule has 3 N–H and O–H groups in total. The van der Waals surface area contributed by atoms with E-state index in [1.165, 1.54) is 0 Å². The number of nitrogens with two attached hydrogens (primary N) is 1. The smallest absolute Gasteiger partial charge is 0.249 e. The fourth-order valence-corrected chi connectivity index (χ4v) is 2.13. The van der Waals surface area contributed by atoms with Crippen LogP contribution in [0.5, 0.6) is 0 Å². The van der Waals surface area contributed by atoms with Gasteiger partial charge in [0.05, 0.1) is 6.89 Å². The molecule has 0 aromatic heterocycles. The monoisotopic (exact) mass is 222 g/mol. The lowest BCUT2D eigenvalue weighted by molar-refractivity contribution is 0.0998. The maximum absolute atomic E-state index is 11.3. The molecule has 1 atom stereocenters. The molecule has 0 aliphatic carbocycles. The molecule has 0 spiro atoms. The van der Waals surface area contributed by atoms with Crippen molar-refractivity contribution in [3.05, 3.63) is 35.4 Å². The molecule has 0 saturated carbocycles. The third-order valence-electron chi connectivity index (χ3n) is 2.28. The first kappa shape index (κ1) is 8.94. The van der Waals surface area contributed by atoms with E-state index in [4.69, 9.17) is 7.10 Å². The Bertz CT molecular complexity index is 477. The number of carbonyl (C=O) groups is 1. The molecule has 15 heavy (non-hydrogen) atoms. The van der Waals surface area contributed by atoms with Crippen molar-refractivity contribution in [3.8, 4) is 0 Å². The minimum absolute atomic E-state index is 0.196. The Hall–Kier alpha value is -1.33. The Labute approximate surface area is 93.5 Å². The SMILES string of the molecule is [2H]C1=NC(C)(c2ccccc2C(N)=O)NS1. The normalized spacial score (nSPS) is 25.9. The van der Waals surface area contributed by atoms with Gasteiger partial charge in [0, 0.05) is 11.1 Å². The zero-order valence-electron chi connectivity index (χ0n) is 9.15. The highest BCUT2D eigenvalue weighted by molar-refractivity contribution is 8.10. The molecule has 1 aromatic rings. The molecule has 0 bridgehead atoms. The van der Waals surface area contributed by atoms with Crippen molar-refractivity contribution < 1.29 is 6.17 Å². The molecule has 5 heteroatoms. The first-order valence-electron chi connectivity index (χ1n) is 4.93. The van der Waals surface area contributed by atoms with Gasteiger partial charge in [-0.2, -0.15) is 0 Å². The number of amides is 1. The molecule has 1 heterocycles. The summed E-state index contributed by atoms with van der Waals surface area (Å²) in [7, 11) is 0. The Kier molecular flexibility index (Phi) is 2.19. The Morgan fingerprint density at radius 2 is 2.40 bits per heavy atom. The minimum Gasteiger partial charge on any atom is -0.366 e. The van der Waals surface area contributed by atoms with Gasteiger partial charge in [-0.3, -0.25) is 9.79 Å². The molecule has 78 valence electrons. The third-order valence-corrected chi connectivity index (χ3v) is 2.96. The van der Waals surface area contributed by atoms with Crippen molar-refractivity contribution in [1.29, 1.82) is 0 Å². The van der Waals surface area contributed by atoms with E-state index in [1.54, 1.807) is 18.2 Å². The summed E-state index contributed by atoms with van der Waals surface area (Å²) in [5.74, 6) is -0.489. The van der Waals surface area contributed by atoms with Crippen LogP contribution in [0.25, 0.3) is 0 Å². The van der Waals surface area contributed by atoms with E-state index >= 15 is 0 Å². The second kappa shape index (κ2) is 3.67. The lowest BCUT2D eigenvalue weighted by atomic mass is 9.96. The molecule has 1 amide bonds. The van der Waals surface area contributed by atoms with E-state index in [-0.39, 0.29) is 5.52 Å². The van der Waals surface area contributed by atoms with Crippen molar-refractivity contribution in [1.82, 2.24) is 4.72 Å². The maximum Gasteiger partial charge on any atom is 0.249 e. The third kappa shape index (κ3) is 1.75. The molecule has 0 fully saturated rings. The summed E-state index contributed by atoms with van der Waals surface area (Å²) in [5, 5.41) is 0. The van der Waals surface area contributed by atoms with Gasteiger partial charge in [-0.15, -0.1) is 0 Å². The summed E-state index contributed by atoms with van der Waals surface area (Å²) in [6, 6.07) is 7.01. The zero-order chi connectivity index (χ0) is 11.8. The van der Waals surface area contributed by atoms with Gasteiger partial charge in [-0.05, 0) is 24.9 Å². The predicted molar refractivity (Wildman–Crippen MR) is 61.5 cm³/mol. The number of aliphatic imine (C=N–C) groups is 1. The minimum atomic E-state index is -0.757. The number of nitrogens with one attached hydrogen (secondary N) is 1. The van der Waals surface area contributed by atoms with Crippen LogP contribution in [0.2, 0.25) is 0 Å². The standard InChI is InChI=1S/C10H11N3OS/c1-10(12-6-15-13-10)8-5-3-2-4-7(8)9(11)14/h2-6,13H,1H3,(H2,11,14)/i6D. The molecular weight excluding hydrogens is 210 g/mol. The van der Waals surface area contributed by atoms with E-state index in [1.807, 2.05) is 13.0 Å². The number of hydrogen-bond acceptors (Lipinski definition) is 4. The molecule has 0 saturated heterocycles. The van der Waals surface area contributed by atoms with Gasteiger partial charge in [0.15, 0.2) is 0 Å². The number of hydrogen-bond donors (Lipinski definition) is 2. The fourth-order valence-electron chi connectivity index (χ4n) is 1.50. The first-order valence-corrected chi connectivity index (χ1v) is 5.24. The van der Waals surface area contributed by atoms with Crippen molar-refractivity contribution in [3.63, 3.8) is 0 Å². The van der Waals surface area contributed by atoms with Crippen molar-refractivity contribution >= 4 is 23.4 Å². The molecule has 1 aliphatic rings. The van der Waals surface area contributed by atoms with Crippen LogP contribution in [-0.2, 0) is 5.66 Å². The number of nitrogens with zero attached hydrogens (tertiary/aromatic N) is 1. The van der Waals surface area contributed by atoms with Gasteiger partial charge < -0.3 is 5.73 Å². The highest BCUT2D eigenvalue weighted by atomic mass is 32.2. The van der Waals surface area contributed by atoms with E-state index < -0.39 is 11.6 Å². The van der Waals surface area contributed by atoms with E-state index in [0.29, 0.717) is 11.1 Å². The summed E-state index contributed by atoms with van der Waals surface area (Å²) < 4.78 is 10.5. The summed E-state index contributed by atoms with van der Waals surface area (Å²) in [6.45, 7) is 1.81. The summed E-state index contributed by atoms with van der Waals surface area (Å²) in [6.07, 6.45) is 0. The molecule has 1 aromatic carbocycles. The average molecular weight is 222 g/mol. The number of benzene rings is 1. The van der Waals surface area contributed by atoms with Crippen molar-refractivity contribution in [2.24, 2.45) is 10.7 Å². The number of rotatable bonds is 2. The first-order chi connectivity index (χ1) is 7.53. The Balaban J connectivity index is 2.52. The van der Waals surface area contributed by atoms with Gasteiger partial charge in [0.2, 0.25) is 5.91 Å². The zero-order valence-corrected chi connectivity index (χ0v) is 8.97. The second-order valence-electron chi connectivity index (χ2n) is 3.39. The summed E-state index contributed by atoms with van der Waals surface area (Å²) in [5.41, 5.74) is 5.87. The van der Waals surface area contributed by atoms with Gasteiger partial charge in [0.1, 0.15) is 5.66 Å². The second-order valence-corrected chi connectivity index (χ2v) is 3.98. The molecule has 4 nitrogen and oxygen atoms in total. The van der Waals surface area contributed by atoms with Crippen molar-refractivity contribution in [2.75, 3.05) is 0 Å². The quantitative estimate of drug-likeness (QED) is 0.740. The topological polar surface area (TPSA) is 67.5 Å².